The van der Waals surface area contributed by atoms with Crippen LogP contribution < -0.4 is 33.8 Å². The van der Waals surface area contributed by atoms with E-state index in [-0.39, 0.29) is 31.0 Å². The number of carbonyl (C=O) groups is 1. The van der Waals surface area contributed by atoms with Gasteiger partial charge in [-0.1, -0.05) is 52.7 Å². The van der Waals surface area contributed by atoms with Gasteiger partial charge in [-0.15, -0.1) is 0 Å². The standard InChI is InChI=1S/C35H33Cl2IN2O8S/c1-6-46-31-23(8-7-9-26(31)44-4)30-29(34(42)47-13-12-43-3)19(2)39-35-40(30)33(41)28(49-35)16-20-14-25(38)32(27(15-20)45-5)48-18-21-10-11-22(36)17-24(21)37/h7-11,14-17,30H,6,12-13,18H2,1-5H3/b28-16+/t30-/m1/s1. The minimum absolute atomic E-state index is 0.0343. The molecule has 1 aliphatic heterocycles. The van der Waals surface area contributed by atoms with E-state index in [1.807, 2.05) is 13.0 Å². The molecule has 0 fully saturated rings. The van der Waals surface area contributed by atoms with E-state index in [4.69, 9.17) is 56.6 Å². The van der Waals surface area contributed by atoms with Gasteiger partial charge in [-0.25, -0.2) is 9.79 Å². The van der Waals surface area contributed by atoms with Gasteiger partial charge in [-0.2, -0.15) is 0 Å². The van der Waals surface area contributed by atoms with Crippen LogP contribution in [0.3, 0.4) is 0 Å². The van der Waals surface area contributed by atoms with Gasteiger partial charge in [0.25, 0.3) is 5.56 Å². The van der Waals surface area contributed by atoms with Crippen molar-refractivity contribution in [3.8, 4) is 23.0 Å². The first kappa shape index (κ1) is 36.7. The predicted octanol–water partition coefficient (Wildman–Crippen LogP) is 6.33. The average Bonchev–Trinajstić information content (AvgIpc) is 3.37. The van der Waals surface area contributed by atoms with Crippen LogP contribution in [0.5, 0.6) is 23.0 Å². The Morgan fingerprint density at radius 1 is 1.02 bits per heavy atom. The van der Waals surface area contributed by atoms with Gasteiger partial charge >= 0.3 is 5.97 Å². The minimum Gasteiger partial charge on any atom is -0.493 e. The highest BCUT2D eigenvalue weighted by molar-refractivity contribution is 14.1. The van der Waals surface area contributed by atoms with Crippen molar-refractivity contribution in [2.75, 3.05) is 41.2 Å². The number of carbonyl (C=O) groups excluding carboxylic acids is 1. The van der Waals surface area contributed by atoms with Gasteiger partial charge in [-0.3, -0.25) is 9.36 Å². The van der Waals surface area contributed by atoms with Crippen molar-refractivity contribution in [3.63, 3.8) is 0 Å². The number of rotatable bonds is 13. The first-order chi connectivity index (χ1) is 23.6. The monoisotopic (exact) mass is 838 g/mol. The summed E-state index contributed by atoms with van der Waals surface area (Å²) in [6.07, 6.45) is 1.76. The smallest absolute Gasteiger partial charge is 0.338 e. The van der Waals surface area contributed by atoms with Crippen LogP contribution in [-0.2, 0) is 20.9 Å². The van der Waals surface area contributed by atoms with E-state index >= 15 is 0 Å². The zero-order valence-corrected chi connectivity index (χ0v) is 31.8. The molecule has 49 heavy (non-hydrogen) atoms. The molecule has 0 spiro atoms. The Morgan fingerprint density at radius 2 is 1.80 bits per heavy atom. The molecule has 3 aromatic carbocycles. The maximum Gasteiger partial charge on any atom is 0.338 e. The van der Waals surface area contributed by atoms with Gasteiger partial charge in [0.15, 0.2) is 27.8 Å². The molecule has 258 valence electrons. The molecule has 1 aromatic heterocycles. The van der Waals surface area contributed by atoms with Crippen LogP contribution in [0.1, 0.15) is 36.6 Å². The van der Waals surface area contributed by atoms with E-state index in [0.29, 0.717) is 65.8 Å². The van der Waals surface area contributed by atoms with Crippen molar-refractivity contribution in [2.45, 2.75) is 26.5 Å². The van der Waals surface area contributed by atoms with Gasteiger partial charge in [-0.05, 0) is 78.4 Å². The Morgan fingerprint density at radius 3 is 2.49 bits per heavy atom. The van der Waals surface area contributed by atoms with Crippen LogP contribution >= 0.6 is 57.1 Å². The number of fused-ring (bicyclic) bond motifs is 1. The number of esters is 1. The van der Waals surface area contributed by atoms with E-state index in [1.165, 1.54) is 30.1 Å². The Hall–Kier alpha value is -3.56. The summed E-state index contributed by atoms with van der Waals surface area (Å²) >= 11 is 15.8. The summed E-state index contributed by atoms with van der Waals surface area (Å²) in [5.41, 5.74) is 2.31. The molecule has 0 radical (unpaired) electrons. The normalized spacial score (nSPS) is 14.3. The summed E-state index contributed by atoms with van der Waals surface area (Å²) in [7, 11) is 4.60. The Labute approximate surface area is 310 Å². The van der Waals surface area contributed by atoms with Crippen molar-refractivity contribution in [1.82, 2.24) is 4.57 Å². The van der Waals surface area contributed by atoms with Crippen LogP contribution in [0.2, 0.25) is 10.0 Å². The number of halogens is 3. The molecular weight excluding hydrogens is 806 g/mol. The molecule has 0 saturated heterocycles. The summed E-state index contributed by atoms with van der Waals surface area (Å²) in [5, 5.41) is 1.03. The van der Waals surface area contributed by atoms with Crippen molar-refractivity contribution < 1.29 is 33.2 Å². The van der Waals surface area contributed by atoms with Gasteiger partial charge in [0, 0.05) is 28.3 Å². The molecule has 0 aliphatic carbocycles. The first-order valence-electron chi connectivity index (χ1n) is 15.0. The lowest BCUT2D eigenvalue weighted by molar-refractivity contribution is -0.140. The van der Waals surface area contributed by atoms with Crippen molar-refractivity contribution in [1.29, 1.82) is 0 Å². The van der Waals surface area contributed by atoms with Crippen LogP contribution in [0, 0.1) is 3.57 Å². The van der Waals surface area contributed by atoms with Gasteiger partial charge in [0.05, 0.1) is 46.8 Å². The zero-order valence-electron chi connectivity index (χ0n) is 27.3. The summed E-state index contributed by atoms with van der Waals surface area (Å²) < 4.78 is 36.7. The number of allylic oxidation sites excluding steroid dienone is 1. The fraction of sp³-hybridized carbons (Fsp3) is 0.286. The molecule has 0 unspecified atom stereocenters. The Bertz CT molecular complexity index is 2100. The highest BCUT2D eigenvalue weighted by Gasteiger charge is 2.36. The van der Waals surface area contributed by atoms with Gasteiger partial charge in [0.2, 0.25) is 0 Å². The average molecular weight is 840 g/mol. The molecule has 5 rings (SSSR count). The van der Waals surface area contributed by atoms with E-state index in [0.717, 1.165) is 9.13 Å². The highest BCUT2D eigenvalue weighted by atomic mass is 127. The molecule has 0 N–H and O–H groups in total. The zero-order chi connectivity index (χ0) is 35.2. The molecule has 0 saturated carbocycles. The largest absolute Gasteiger partial charge is 0.493 e. The molecule has 10 nitrogen and oxygen atoms in total. The van der Waals surface area contributed by atoms with E-state index < -0.39 is 12.0 Å². The molecule has 2 heterocycles. The molecule has 1 aliphatic rings. The molecule has 14 heteroatoms. The Kier molecular flexibility index (Phi) is 12.3. The minimum atomic E-state index is -0.907. The van der Waals surface area contributed by atoms with Crippen molar-refractivity contribution >= 4 is 69.2 Å². The third-order valence-corrected chi connectivity index (χ3v) is 9.88. The van der Waals surface area contributed by atoms with Crippen molar-refractivity contribution in [3.05, 3.63) is 110 Å². The highest BCUT2D eigenvalue weighted by Crippen LogP contribution is 2.41. The van der Waals surface area contributed by atoms with Crippen LogP contribution in [0.25, 0.3) is 6.08 Å². The second-order valence-corrected chi connectivity index (χ2v) is 13.6. The summed E-state index contributed by atoms with van der Waals surface area (Å²) in [5.74, 6) is 1.27. The van der Waals surface area contributed by atoms with Gasteiger partial charge < -0.3 is 28.4 Å². The maximum absolute atomic E-state index is 14.3. The first-order valence-corrected chi connectivity index (χ1v) is 17.7. The number of benzene rings is 3. The maximum atomic E-state index is 14.3. The third-order valence-electron chi connectivity index (χ3n) is 7.51. The van der Waals surface area contributed by atoms with Crippen LogP contribution in [0.4, 0.5) is 0 Å². The second kappa shape index (κ2) is 16.4. The molecule has 0 amide bonds. The number of para-hydroxylation sites is 1. The number of ether oxygens (including phenoxy) is 6. The van der Waals surface area contributed by atoms with E-state index in [1.54, 1.807) is 62.6 Å². The quantitative estimate of drug-likeness (QED) is 0.0875. The number of hydrogen-bond donors (Lipinski definition) is 0. The predicted molar refractivity (Wildman–Crippen MR) is 197 cm³/mol. The lowest BCUT2D eigenvalue weighted by atomic mass is 9.94. The van der Waals surface area contributed by atoms with Crippen LogP contribution in [0.15, 0.2) is 69.6 Å². The number of aromatic nitrogens is 1. The number of thiazole rings is 1. The summed E-state index contributed by atoms with van der Waals surface area (Å²) in [6.45, 7) is 4.35. The Balaban J connectivity index is 1.61. The summed E-state index contributed by atoms with van der Waals surface area (Å²) in [4.78, 5) is 33.0. The van der Waals surface area contributed by atoms with Crippen molar-refractivity contribution in [2.24, 2.45) is 4.99 Å². The van der Waals surface area contributed by atoms with E-state index in [9.17, 15) is 9.59 Å². The lowest BCUT2D eigenvalue weighted by Gasteiger charge is -2.27. The SMILES string of the molecule is CCOc1c(OC)cccc1[C@@H]1C(C(=O)OCCOC)=C(C)N=c2s/c(=C/c3cc(I)c(OCc4ccc(Cl)cc4Cl)c(OC)c3)c(=O)n21. The lowest BCUT2D eigenvalue weighted by Crippen LogP contribution is -2.40. The summed E-state index contributed by atoms with van der Waals surface area (Å²) in [6, 6.07) is 13.3. The molecule has 4 aromatic rings. The third kappa shape index (κ3) is 7.93. The molecular formula is C35H33Cl2IN2O8S. The topological polar surface area (TPSA) is 107 Å². The van der Waals surface area contributed by atoms with Crippen LogP contribution in [-0.4, -0.2) is 51.7 Å². The second-order valence-electron chi connectivity index (χ2n) is 10.6. The van der Waals surface area contributed by atoms with E-state index in [2.05, 4.69) is 22.6 Å². The number of methoxy groups -OCH3 is 3. The molecule has 0 bridgehead atoms. The fourth-order valence-electron chi connectivity index (χ4n) is 5.28. The van der Waals surface area contributed by atoms with Gasteiger partial charge in [0.1, 0.15) is 19.3 Å². The number of nitrogens with zero attached hydrogens (tertiary/aromatic N) is 2. The molecule has 1 atom stereocenters. The number of hydrogen-bond acceptors (Lipinski definition) is 10. The fourth-order valence-corrected chi connectivity index (χ4v) is 7.57.